The second-order valence-electron chi connectivity index (χ2n) is 17.6. The summed E-state index contributed by atoms with van der Waals surface area (Å²) in [6, 6.07) is 34.4. The summed E-state index contributed by atoms with van der Waals surface area (Å²) in [7, 11) is 0. The molecule has 0 aliphatic heterocycles. The van der Waals surface area contributed by atoms with Crippen molar-refractivity contribution in [3.05, 3.63) is 136 Å². The standard InChI is InChI=1S/C50H48N6.Pt/c1-28-29(2)31(4)47(32(5)30(28)3)42-27-41(53-54-42)40-20-19-38-39-24-33(49(6,7)8)16-21-44(39)55(48(38)52-40)35-17-18-37-36-14-12-13-15-43(36)56(45(37)26-35)46-25-34(22-23-51-46)50(9,10)11;/h12-25,27H,1-11H3;/q-2;+2. The first kappa shape index (κ1) is 38.5. The number of hydrogen-bond acceptors (Lipinski definition) is 3. The number of aromatic nitrogens is 6. The van der Waals surface area contributed by atoms with Gasteiger partial charge in [-0.15, -0.1) is 17.5 Å². The molecule has 0 fully saturated rings. The topological polar surface area (TPSA) is 62.6 Å². The molecule has 6 nitrogen and oxygen atoms in total. The Bertz CT molecular complexity index is 3020. The predicted molar refractivity (Wildman–Crippen MR) is 233 cm³/mol. The summed E-state index contributed by atoms with van der Waals surface area (Å²) in [6.45, 7) is 24.5. The zero-order valence-corrected chi connectivity index (χ0v) is 36.9. The van der Waals surface area contributed by atoms with Gasteiger partial charge in [0.2, 0.25) is 0 Å². The van der Waals surface area contributed by atoms with E-state index in [0.717, 1.165) is 72.5 Å². The van der Waals surface area contributed by atoms with Crippen LogP contribution in [-0.2, 0) is 31.9 Å². The molecule has 7 heteroatoms. The third kappa shape index (κ3) is 6.16. The van der Waals surface area contributed by atoms with E-state index in [1.165, 1.54) is 44.3 Å². The summed E-state index contributed by atoms with van der Waals surface area (Å²) in [5.74, 6) is 0.879. The van der Waals surface area contributed by atoms with E-state index in [1.54, 1.807) is 0 Å². The molecule has 4 aromatic carbocycles. The maximum atomic E-state index is 5.42. The van der Waals surface area contributed by atoms with Crippen LogP contribution in [0.1, 0.15) is 80.5 Å². The Labute approximate surface area is 349 Å². The SMILES string of the molecule is Cc1c(C)c(C)c(-c2cc(-c3ccc4c5cc(C(C)(C)C)ccc5n(-c5[c-]c6c(cc5)c5ccccc5n6-c5cc(C(C)(C)C)ccn5)c4n3)[n-]n2)c(C)c1C.[Pt+2]. The van der Waals surface area contributed by atoms with Crippen molar-refractivity contribution in [1.82, 2.24) is 29.3 Å². The summed E-state index contributed by atoms with van der Waals surface area (Å²) < 4.78 is 4.52. The van der Waals surface area contributed by atoms with Crippen molar-refractivity contribution >= 4 is 43.7 Å². The van der Waals surface area contributed by atoms with Crippen LogP contribution >= 0.6 is 0 Å². The van der Waals surface area contributed by atoms with Crippen molar-refractivity contribution in [1.29, 1.82) is 0 Å². The van der Waals surface area contributed by atoms with E-state index in [9.17, 15) is 0 Å². The second-order valence-corrected chi connectivity index (χ2v) is 17.6. The Morgan fingerprint density at radius 3 is 1.95 bits per heavy atom. The molecule has 0 radical (unpaired) electrons. The van der Waals surface area contributed by atoms with Crippen molar-refractivity contribution in [3.63, 3.8) is 0 Å². The van der Waals surface area contributed by atoms with Crippen molar-refractivity contribution < 1.29 is 21.1 Å². The van der Waals surface area contributed by atoms with Crippen molar-refractivity contribution in [3.8, 4) is 34.2 Å². The van der Waals surface area contributed by atoms with Crippen LogP contribution in [0.5, 0.6) is 0 Å². The molecule has 0 saturated heterocycles. The Kier molecular flexibility index (Phi) is 9.24. The van der Waals surface area contributed by atoms with E-state index in [-0.39, 0.29) is 31.9 Å². The summed E-state index contributed by atoms with van der Waals surface area (Å²) in [5, 5.41) is 14.0. The number of rotatable bonds is 4. The summed E-state index contributed by atoms with van der Waals surface area (Å²) in [4.78, 5) is 10.3. The molecule has 0 saturated carbocycles. The van der Waals surface area contributed by atoms with Gasteiger partial charge in [0.05, 0.1) is 11.2 Å². The number of benzene rings is 4. The van der Waals surface area contributed by atoms with Gasteiger partial charge in [-0.2, -0.15) is 6.07 Å². The van der Waals surface area contributed by atoms with Gasteiger partial charge < -0.3 is 19.3 Å². The van der Waals surface area contributed by atoms with Gasteiger partial charge in [0.25, 0.3) is 0 Å². The van der Waals surface area contributed by atoms with Gasteiger partial charge >= 0.3 is 21.1 Å². The van der Waals surface area contributed by atoms with Crippen molar-refractivity contribution in [2.24, 2.45) is 0 Å². The number of hydrogen-bond donors (Lipinski definition) is 0. The fraction of sp³-hybridized carbons (Fsp3) is 0.260. The van der Waals surface area contributed by atoms with Gasteiger partial charge in [-0.25, -0.2) is 9.97 Å². The minimum atomic E-state index is -0.0217. The fourth-order valence-electron chi connectivity index (χ4n) is 8.43. The number of para-hydroxylation sites is 1. The van der Waals surface area contributed by atoms with Crippen LogP contribution in [0.4, 0.5) is 0 Å². The first-order valence-electron chi connectivity index (χ1n) is 19.6. The normalized spacial score (nSPS) is 12.3. The molecule has 0 aliphatic rings. The van der Waals surface area contributed by atoms with Gasteiger partial charge in [-0.05, 0) is 138 Å². The molecule has 57 heavy (non-hydrogen) atoms. The van der Waals surface area contributed by atoms with Crippen molar-refractivity contribution in [2.45, 2.75) is 87.0 Å². The fourth-order valence-corrected chi connectivity index (χ4v) is 8.43. The zero-order valence-electron chi connectivity index (χ0n) is 34.7. The van der Waals surface area contributed by atoms with Crippen LogP contribution in [0.3, 0.4) is 0 Å². The third-order valence-electron chi connectivity index (χ3n) is 12.2. The minimum Gasteiger partial charge on any atom is -0.573 e. The largest absolute Gasteiger partial charge is 2.00 e. The quantitative estimate of drug-likeness (QED) is 0.165. The molecule has 9 aromatic rings. The van der Waals surface area contributed by atoms with E-state index in [0.29, 0.717) is 0 Å². The van der Waals surface area contributed by atoms with Crippen LogP contribution in [-0.4, -0.2) is 24.2 Å². The first-order valence-corrected chi connectivity index (χ1v) is 19.6. The molecule has 0 spiro atoms. The summed E-state index contributed by atoms with van der Waals surface area (Å²) >= 11 is 0. The Balaban J connectivity index is 0.00000455. The third-order valence-corrected chi connectivity index (χ3v) is 12.2. The van der Waals surface area contributed by atoms with Crippen LogP contribution < -0.4 is 5.10 Å². The van der Waals surface area contributed by atoms with E-state index in [4.69, 9.17) is 20.2 Å². The molecule has 0 bridgehead atoms. The molecule has 0 atom stereocenters. The Hall–Kier alpha value is -5.32. The van der Waals surface area contributed by atoms with Gasteiger partial charge in [0, 0.05) is 33.7 Å². The summed E-state index contributed by atoms with van der Waals surface area (Å²) in [5.41, 5.74) is 17.4. The monoisotopic (exact) mass is 927 g/mol. The molecule has 0 unspecified atom stereocenters. The van der Waals surface area contributed by atoms with Gasteiger partial charge in [0.15, 0.2) is 0 Å². The number of pyridine rings is 2. The summed E-state index contributed by atoms with van der Waals surface area (Å²) in [6.07, 6.45) is 1.92. The molecule has 5 heterocycles. The van der Waals surface area contributed by atoms with Crippen molar-refractivity contribution in [2.75, 3.05) is 0 Å². The van der Waals surface area contributed by atoms with Gasteiger partial charge in [-0.1, -0.05) is 82.7 Å². The van der Waals surface area contributed by atoms with E-state index < -0.39 is 0 Å². The molecule has 0 N–H and O–H groups in total. The Morgan fingerprint density at radius 2 is 1.23 bits per heavy atom. The predicted octanol–water partition coefficient (Wildman–Crippen LogP) is 12.3. The average Bonchev–Trinajstić information content (AvgIpc) is 3.88. The molecular formula is C50H48N6Pt. The maximum Gasteiger partial charge on any atom is 2.00 e. The Morgan fingerprint density at radius 1 is 0.579 bits per heavy atom. The molecule has 9 rings (SSSR count). The van der Waals surface area contributed by atoms with E-state index in [2.05, 4.69) is 176 Å². The number of nitrogens with zero attached hydrogens (tertiary/aromatic N) is 6. The first-order chi connectivity index (χ1) is 26.6. The van der Waals surface area contributed by atoms with Gasteiger partial charge in [-0.3, -0.25) is 0 Å². The second kappa shape index (κ2) is 13.7. The minimum absolute atomic E-state index is 0. The smallest absolute Gasteiger partial charge is 0.573 e. The molecule has 0 aliphatic carbocycles. The molecule has 288 valence electrons. The zero-order chi connectivity index (χ0) is 39.4. The van der Waals surface area contributed by atoms with E-state index in [1.807, 2.05) is 6.20 Å². The average molecular weight is 928 g/mol. The van der Waals surface area contributed by atoms with Gasteiger partial charge in [0.1, 0.15) is 11.5 Å². The van der Waals surface area contributed by atoms with Crippen LogP contribution in [0, 0.1) is 40.7 Å². The number of fused-ring (bicyclic) bond motifs is 6. The molecular weight excluding hydrogens is 880 g/mol. The van der Waals surface area contributed by atoms with Crippen LogP contribution in [0.25, 0.3) is 77.9 Å². The van der Waals surface area contributed by atoms with Crippen LogP contribution in [0.15, 0.2) is 91.1 Å². The molecule has 5 aromatic heterocycles. The maximum absolute atomic E-state index is 5.42. The molecule has 0 amide bonds. The van der Waals surface area contributed by atoms with E-state index >= 15 is 0 Å². The van der Waals surface area contributed by atoms with Crippen LogP contribution in [0.2, 0.25) is 0 Å².